The third-order valence-corrected chi connectivity index (χ3v) is 5.05. The van der Waals surface area contributed by atoms with Crippen LogP contribution in [0.2, 0.25) is 0 Å². The summed E-state index contributed by atoms with van der Waals surface area (Å²) in [6, 6.07) is 0. The van der Waals surface area contributed by atoms with Gasteiger partial charge in [-0.1, -0.05) is 13.3 Å². The average Bonchev–Trinajstić information content (AvgIpc) is 2.39. The van der Waals surface area contributed by atoms with Crippen LogP contribution in [-0.2, 0) is 14.8 Å². The minimum atomic E-state index is -3.25. The van der Waals surface area contributed by atoms with Gasteiger partial charge in [0.2, 0.25) is 10.0 Å². The molecule has 0 aliphatic carbocycles. The molecule has 4 nitrogen and oxygen atoms in total. The lowest BCUT2D eigenvalue weighted by atomic mass is 10.0. The highest BCUT2D eigenvalue weighted by molar-refractivity contribution is 7.89. The van der Waals surface area contributed by atoms with Crippen LogP contribution in [0.15, 0.2) is 0 Å². The molecule has 0 aromatic heterocycles. The summed E-state index contributed by atoms with van der Waals surface area (Å²) in [6.07, 6.45) is 1.85. The normalized spacial score (nSPS) is 22.2. The van der Waals surface area contributed by atoms with Crippen LogP contribution in [0.25, 0.3) is 0 Å². The maximum absolute atomic E-state index is 11.9. The fourth-order valence-electron chi connectivity index (χ4n) is 1.85. The van der Waals surface area contributed by atoms with Gasteiger partial charge in [0.1, 0.15) is 0 Å². The first-order valence-corrected chi connectivity index (χ1v) is 6.97. The first kappa shape index (κ1) is 12.6. The number of hydrogen-bond acceptors (Lipinski definition) is 3. The molecule has 5 heteroatoms. The lowest BCUT2D eigenvalue weighted by molar-refractivity contribution is -0.122. The molecular formula is C10H19NO3S. The van der Waals surface area contributed by atoms with Crippen molar-refractivity contribution in [2.45, 2.75) is 45.6 Å². The lowest BCUT2D eigenvalue weighted by Gasteiger charge is -2.28. The molecule has 1 aliphatic rings. The van der Waals surface area contributed by atoms with Crippen LogP contribution in [0.5, 0.6) is 0 Å². The van der Waals surface area contributed by atoms with Crippen LogP contribution in [-0.4, -0.2) is 36.3 Å². The van der Waals surface area contributed by atoms with Crippen molar-refractivity contribution in [3.05, 3.63) is 0 Å². The van der Waals surface area contributed by atoms with Gasteiger partial charge in [0.15, 0.2) is 5.78 Å². The minimum absolute atomic E-state index is 0.0163. The summed E-state index contributed by atoms with van der Waals surface area (Å²) in [5.41, 5.74) is -0.841. The van der Waals surface area contributed by atoms with Crippen molar-refractivity contribution in [2.24, 2.45) is 0 Å². The number of unbranched alkanes of at least 4 members (excludes halogenated alkanes) is 1. The fourth-order valence-corrected chi connectivity index (χ4v) is 3.89. The molecule has 1 heterocycles. The molecule has 0 spiro atoms. The first-order valence-electron chi connectivity index (χ1n) is 5.36. The van der Waals surface area contributed by atoms with Crippen molar-refractivity contribution in [1.29, 1.82) is 0 Å². The molecule has 0 radical (unpaired) electrons. The molecular weight excluding hydrogens is 214 g/mol. The van der Waals surface area contributed by atoms with E-state index in [4.69, 9.17) is 0 Å². The number of carbonyl (C=O) groups is 1. The number of rotatable bonds is 4. The van der Waals surface area contributed by atoms with E-state index in [9.17, 15) is 13.2 Å². The van der Waals surface area contributed by atoms with Crippen LogP contribution in [0.1, 0.15) is 40.0 Å². The van der Waals surface area contributed by atoms with E-state index in [1.54, 1.807) is 13.8 Å². The van der Waals surface area contributed by atoms with Gasteiger partial charge in [0.05, 0.1) is 11.3 Å². The zero-order valence-electron chi connectivity index (χ0n) is 9.62. The quantitative estimate of drug-likeness (QED) is 0.732. The molecule has 15 heavy (non-hydrogen) atoms. The Morgan fingerprint density at radius 2 is 2.00 bits per heavy atom. The zero-order valence-corrected chi connectivity index (χ0v) is 10.4. The summed E-state index contributed by atoms with van der Waals surface area (Å²) in [5, 5.41) is 0. The number of carbonyl (C=O) groups excluding carboxylic acids is 1. The number of Topliss-reactive ketones (excluding diaryl/α,β-unsaturated/α-hetero) is 1. The highest BCUT2D eigenvalue weighted by Gasteiger charge is 2.45. The zero-order chi connectivity index (χ0) is 11.7. The van der Waals surface area contributed by atoms with E-state index < -0.39 is 15.6 Å². The second kappa shape index (κ2) is 4.22. The summed E-state index contributed by atoms with van der Waals surface area (Å²) in [6.45, 7) is 5.67. The number of sulfonamides is 1. The number of ketones is 1. The van der Waals surface area contributed by atoms with Crippen LogP contribution in [0, 0.1) is 0 Å². The van der Waals surface area contributed by atoms with Crippen LogP contribution in [0.4, 0.5) is 0 Å². The SMILES string of the molecule is CCCCS(=O)(=O)N1CCC(=O)C1(C)C. The lowest BCUT2D eigenvalue weighted by Crippen LogP contribution is -2.47. The van der Waals surface area contributed by atoms with Gasteiger partial charge in [-0.05, 0) is 20.3 Å². The van der Waals surface area contributed by atoms with E-state index in [1.165, 1.54) is 4.31 Å². The molecule has 1 aliphatic heterocycles. The molecule has 0 aromatic rings. The van der Waals surface area contributed by atoms with E-state index >= 15 is 0 Å². The predicted molar refractivity (Wildman–Crippen MR) is 59.1 cm³/mol. The third kappa shape index (κ3) is 2.39. The highest BCUT2D eigenvalue weighted by atomic mass is 32.2. The van der Waals surface area contributed by atoms with Crippen LogP contribution in [0.3, 0.4) is 0 Å². The predicted octanol–water partition coefficient (Wildman–Crippen LogP) is 1.17. The Hall–Kier alpha value is -0.420. The van der Waals surface area contributed by atoms with Crippen molar-refractivity contribution in [3.63, 3.8) is 0 Å². The van der Waals surface area contributed by atoms with Gasteiger partial charge in [-0.3, -0.25) is 4.79 Å². The largest absolute Gasteiger partial charge is 0.298 e. The average molecular weight is 233 g/mol. The van der Waals surface area contributed by atoms with E-state index in [0.717, 1.165) is 6.42 Å². The first-order chi connectivity index (χ1) is 6.82. The van der Waals surface area contributed by atoms with Crippen molar-refractivity contribution in [2.75, 3.05) is 12.3 Å². The van der Waals surface area contributed by atoms with Crippen molar-refractivity contribution >= 4 is 15.8 Å². The van der Waals surface area contributed by atoms with Gasteiger partial charge >= 0.3 is 0 Å². The standard InChI is InChI=1S/C10H19NO3S/c1-4-5-8-15(13,14)11-7-6-9(12)10(11,2)3/h4-8H2,1-3H3. The minimum Gasteiger partial charge on any atom is -0.298 e. The molecule has 0 N–H and O–H groups in total. The van der Waals surface area contributed by atoms with Crippen molar-refractivity contribution in [3.8, 4) is 0 Å². The number of hydrogen-bond donors (Lipinski definition) is 0. The number of nitrogens with zero attached hydrogens (tertiary/aromatic N) is 1. The smallest absolute Gasteiger partial charge is 0.215 e. The molecule has 1 saturated heterocycles. The molecule has 0 aromatic carbocycles. The van der Waals surface area contributed by atoms with Gasteiger partial charge in [-0.25, -0.2) is 8.42 Å². The van der Waals surface area contributed by atoms with Gasteiger partial charge < -0.3 is 0 Å². The van der Waals surface area contributed by atoms with E-state index in [2.05, 4.69) is 0 Å². The molecule has 0 saturated carbocycles. The Morgan fingerprint density at radius 3 is 2.40 bits per heavy atom. The van der Waals surface area contributed by atoms with Crippen molar-refractivity contribution in [1.82, 2.24) is 4.31 Å². The molecule has 88 valence electrons. The Bertz CT molecular complexity index is 346. The van der Waals surface area contributed by atoms with E-state index in [1.807, 2.05) is 6.92 Å². The summed E-state index contributed by atoms with van der Waals surface area (Å²) < 4.78 is 25.2. The highest BCUT2D eigenvalue weighted by Crippen LogP contribution is 2.28. The summed E-state index contributed by atoms with van der Waals surface area (Å²) >= 11 is 0. The molecule has 1 fully saturated rings. The second-order valence-corrected chi connectivity index (χ2v) is 6.49. The Kier molecular flexibility index (Phi) is 3.55. The van der Waals surface area contributed by atoms with Gasteiger partial charge in [-0.15, -0.1) is 0 Å². The second-order valence-electron chi connectivity index (χ2n) is 4.47. The van der Waals surface area contributed by atoms with Gasteiger partial charge in [0, 0.05) is 13.0 Å². The maximum atomic E-state index is 11.9. The summed E-state index contributed by atoms with van der Waals surface area (Å²) in [4.78, 5) is 11.5. The monoisotopic (exact) mass is 233 g/mol. The molecule has 1 rings (SSSR count). The molecule has 0 bridgehead atoms. The van der Waals surface area contributed by atoms with Crippen LogP contribution >= 0.6 is 0 Å². The van der Waals surface area contributed by atoms with E-state index in [-0.39, 0.29) is 11.5 Å². The Labute approximate surface area is 91.7 Å². The van der Waals surface area contributed by atoms with Crippen molar-refractivity contribution < 1.29 is 13.2 Å². The Morgan fingerprint density at radius 1 is 1.40 bits per heavy atom. The maximum Gasteiger partial charge on any atom is 0.215 e. The van der Waals surface area contributed by atoms with Crippen LogP contribution < -0.4 is 0 Å². The molecule has 0 unspecified atom stereocenters. The molecule has 0 amide bonds. The third-order valence-electron chi connectivity index (χ3n) is 2.94. The topological polar surface area (TPSA) is 54.5 Å². The van der Waals surface area contributed by atoms with Gasteiger partial charge in [-0.2, -0.15) is 4.31 Å². The fraction of sp³-hybridized carbons (Fsp3) is 0.900. The molecule has 0 atom stereocenters. The van der Waals surface area contributed by atoms with Gasteiger partial charge in [0.25, 0.3) is 0 Å². The van der Waals surface area contributed by atoms with E-state index in [0.29, 0.717) is 19.4 Å². The Balaban J connectivity index is 2.85. The summed E-state index contributed by atoms with van der Waals surface area (Å²) in [7, 11) is -3.25. The summed E-state index contributed by atoms with van der Waals surface area (Å²) in [5.74, 6) is 0.169.